The first-order valence-electron chi connectivity index (χ1n) is 6.56. The molecule has 0 bridgehead atoms. The minimum absolute atomic E-state index is 0.249. The number of terminal acetylenes is 1. The molecule has 0 aliphatic heterocycles. The second-order valence-electron chi connectivity index (χ2n) is 4.64. The maximum Gasteiger partial charge on any atom is 0.223 e. The van der Waals surface area contributed by atoms with Crippen LogP contribution in [0, 0.1) is 18.3 Å². The van der Waals surface area contributed by atoms with Crippen molar-refractivity contribution >= 4 is 5.91 Å². The molecule has 1 N–H and O–H groups in total. The Bertz CT molecular complexity index is 234. The maximum absolute atomic E-state index is 11.9. The Labute approximate surface area is 99.2 Å². The molecule has 2 heteroatoms. The monoisotopic (exact) mass is 221 g/mol. The third-order valence-corrected chi connectivity index (χ3v) is 3.27. The molecule has 1 aliphatic carbocycles. The highest BCUT2D eigenvalue weighted by molar-refractivity contribution is 5.78. The molecule has 0 atom stereocenters. The van der Waals surface area contributed by atoms with Gasteiger partial charge < -0.3 is 5.32 Å². The standard InChI is InChI=1S/C14H23NO/c1-2-3-9-12-15-14(16)13-10-7-5-4-6-8-11-13/h1,13H,3-12H2,(H,15,16). The van der Waals surface area contributed by atoms with E-state index in [4.69, 9.17) is 6.42 Å². The number of carbonyl (C=O) groups is 1. The van der Waals surface area contributed by atoms with Gasteiger partial charge in [-0.1, -0.05) is 32.1 Å². The molecule has 16 heavy (non-hydrogen) atoms. The van der Waals surface area contributed by atoms with E-state index in [-0.39, 0.29) is 11.8 Å². The zero-order valence-corrected chi connectivity index (χ0v) is 10.1. The average Bonchev–Trinajstić information content (AvgIpc) is 2.23. The van der Waals surface area contributed by atoms with E-state index in [0.717, 1.165) is 32.2 Å². The molecule has 1 aliphatic rings. The van der Waals surface area contributed by atoms with Crippen LogP contribution in [-0.4, -0.2) is 12.5 Å². The first-order chi connectivity index (χ1) is 7.84. The summed E-state index contributed by atoms with van der Waals surface area (Å²) in [5.41, 5.74) is 0. The highest BCUT2D eigenvalue weighted by Crippen LogP contribution is 2.22. The second kappa shape index (κ2) is 8.21. The van der Waals surface area contributed by atoms with Crippen LogP contribution in [0.4, 0.5) is 0 Å². The highest BCUT2D eigenvalue weighted by Gasteiger charge is 2.18. The van der Waals surface area contributed by atoms with Crippen molar-refractivity contribution in [1.82, 2.24) is 5.32 Å². The minimum atomic E-state index is 0.249. The fourth-order valence-electron chi connectivity index (χ4n) is 2.26. The molecular formula is C14H23NO. The van der Waals surface area contributed by atoms with Gasteiger partial charge in [-0.25, -0.2) is 0 Å². The molecule has 90 valence electrons. The fourth-order valence-corrected chi connectivity index (χ4v) is 2.26. The molecule has 0 aromatic carbocycles. The van der Waals surface area contributed by atoms with Crippen LogP contribution in [-0.2, 0) is 4.79 Å². The van der Waals surface area contributed by atoms with Crippen LogP contribution in [0.15, 0.2) is 0 Å². The molecule has 1 fully saturated rings. The number of hydrogen-bond acceptors (Lipinski definition) is 1. The van der Waals surface area contributed by atoms with Crippen molar-refractivity contribution in [2.45, 2.75) is 57.8 Å². The Morgan fingerprint density at radius 3 is 2.44 bits per heavy atom. The van der Waals surface area contributed by atoms with E-state index < -0.39 is 0 Å². The summed E-state index contributed by atoms with van der Waals surface area (Å²) in [4.78, 5) is 11.9. The predicted octanol–water partition coefficient (Wildman–Crippen LogP) is 2.88. The number of carbonyl (C=O) groups excluding carboxylic acids is 1. The molecule has 0 radical (unpaired) electrons. The predicted molar refractivity (Wildman–Crippen MR) is 66.9 cm³/mol. The summed E-state index contributed by atoms with van der Waals surface area (Å²) in [6.45, 7) is 0.736. The van der Waals surface area contributed by atoms with Crippen molar-refractivity contribution in [3.05, 3.63) is 0 Å². The summed E-state index contributed by atoms with van der Waals surface area (Å²) in [5, 5.41) is 3.00. The number of unbranched alkanes of at least 4 members (excludes halogenated alkanes) is 1. The lowest BCUT2D eigenvalue weighted by atomic mass is 9.90. The van der Waals surface area contributed by atoms with Crippen LogP contribution >= 0.6 is 0 Å². The summed E-state index contributed by atoms with van der Waals surface area (Å²) in [6.07, 6.45) is 15.3. The van der Waals surface area contributed by atoms with E-state index in [0.29, 0.717) is 0 Å². The first-order valence-corrected chi connectivity index (χ1v) is 6.56. The third kappa shape index (κ3) is 5.21. The molecule has 0 unspecified atom stereocenters. The van der Waals surface area contributed by atoms with Gasteiger partial charge in [-0.05, 0) is 19.3 Å². The lowest BCUT2D eigenvalue weighted by Gasteiger charge is -2.18. The average molecular weight is 221 g/mol. The third-order valence-electron chi connectivity index (χ3n) is 3.27. The van der Waals surface area contributed by atoms with Crippen molar-refractivity contribution in [1.29, 1.82) is 0 Å². The van der Waals surface area contributed by atoms with Gasteiger partial charge in [-0.3, -0.25) is 4.79 Å². The van der Waals surface area contributed by atoms with Gasteiger partial charge in [-0.15, -0.1) is 12.3 Å². The summed E-state index contributed by atoms with van der Waals surface area (Å²) in [7, 11) is 0. The molecule has 0 heterocycles. The molecule has 0 saturated heterocycles. The first kappa shape index (κ1) is 13.1. The van der Waals surface area contributed by atoms with Gasteiger partial charge in [0.05, 0.1) is 0 Å². The molecule has 0 aromatic rings. The van der Waals surface area contributed by atoms with Crippen molar-refractivity contribution in [3.63, 3.8) is 0 Å². The number of rotatable bonds is 4. The summed E-state index contributed by atoms with van der Waals surface area (Å²) in [6, 6.07) is 0. The van der Waals surface area contributed by atoms with Crippen molar-refractivity contribution in [3.8, 4) is 12.3 Å². The van der Waals surface area contributed by atoms with E-state index in [1.54, 1.807) is 0 Å². The van der Waals surface area contributed by atoms with Gasteiger partial charge in [0.15, 0.2) is 0 Å². The normalized spacial score (nSPS) is 18.2. The molecule has 1 rings (SSSR count). The molecule has 1 amide bonds. The maximum atomic E-state index is 11.9. The van der Waals surface area contributed by atoms with Gasteiger partial charge >= 0.3 is 0 Å². The van der Waals surface area contributed by atoms with Crippen LogP contribution in [0.25, 0.3) is 0 Å². The van der Waals surface area contributed by atoms with Crippen LogP contribution < -0.4 is 5.32 Å². The van der Waals surface area contributed by atoms with E-state index in [2.05, 4.69) is 11.2 Å². The van der Waals surface area contributed by atoms with Gasteiger partial charge in [0.1, 0.15) is 0 Å². The Hall–Kier alpha value is -0.970. The van der Waals surface area contributed by atoms with Crippen LogP contribution in [0.5, 0.6) is 0 Å². The lowest BCUT2D eigenvalue weighted by Crippen LogP contribution is -2.31. The molecule has 1 saturated carbocycles. The summed E-state index contributed by atoms with van der Waals surface area (Å²) in [5.74, 6) is 3.09. The topological polar surface area (TPSA) is 29.1 Å². The van der Waals surface area contributed by atoms with Crippen molar-refractivity contribution in [2.75, 3.05) is 6.54 Å². The number of hydrogen-bond donors (Lipinski definition) is 1. The molecule has 0 aromatic heterocycles. The lowest BCUT2D eigenvalue weighted by molar-refractivity contribution is -0.125. The van der Waals surface area contributed by atoms with Crippen LogP contribution in [0.1, 0.15) is 57.8 Å². The van der Waals surface area contributed by atoms with Crippen molar-refractivity contribution in [2.24, 2.45) is 5.92 Å². The second-order valence-corrected chi connectivity index (χ2v) is 4.64. The van der Waals surface area contributed by atoms with Gasteiger partial charge in [-0.2, -0.15) is 0 Å². The zero-order chi connectivity index (χ0) is 11.6. The van der Waals surface area contributed by atoms with Gasteiger partial charge in [0.2, 0.25) is 5.91 Å². The number of amides is 1. The zero-order valence-electron chi connectivity index (χ0n) is 10.1. The Balaban J connectivity index is 2.20. The number of nitrogens with one attached hydrogen (secondary N) is 1. The van der Waals surface area contributed by atoms with E-state index in [9.17, 15) is 4.79 Å². The quantitative estimate of drug-likeness (QED) is 0.574. The SMILES string of the molecule is C#CCCCNC(=O)C1CCCCCCC1. The van der Waals surface area contributed by atoms with Crippen molar-refractivity contribution < 1.29 is 4.79 Å². The van der Waals surface area contributed by atoms with Crippen LogP contribution in [0.3, 0.4) is 0 Å². The Morgan fingerprint density at radius 2 is 1.81 bits per heavy atom. The molecule has 0 spiro atoms. The fraction of sp³-hybridized carbons (Fsp3) is 0.786. The molecular weight excluding hydrogens is 198 g/mol. The Morgan fingerprint density at radius 1 is 1.19 bits per heavy atom. The molecule has 2 nitrogen and oxygen atoms in total. The van der Waals surface area contributed by atoms with E-state index >= 15 is 0 Å². The van der Waals surface area contributed by atoms with Crippen LogP contribution in [0.2, 0.25) is 0 Å². The smallest absolute Gasteiger partial charge is 0.223 e. The summed E-state index contributed by atoms with van der Waals surface area (Å²) < 4.78 is 0. The van der Waals surface area contributed by atoms with E-state index in [1.165, 1.54) is 32.1 Å². The van der Waals surface area contributed by atoms with Gasteiger partial charge in [0, 0.05) is 18.9 Å². The van der Waals surface area contributed by atoms with E-state index in [1.807, 2.05) is 0 Å². The highest BCUT2D eigenvalue weighted by atomic mass is 16.1. The minimum Gasteiger partial charge on any atom is -0.356 e. The largest absolute Gasteiger partial charge is 0.356 e. The Kier molecular flexibility index (Phi) is 6.72. The summed E-state index contributed by atoms with van der Waals surface area (Å²) >= 11 is 0. The van der Waals surface area contributed by atoms with Gasteiger partial charge in [0.25, 0.3) is 0 Å².